The predicted octanol–water partition coefficient (Wildman–Crippen LogP) is 2.73. The minimum absolute atomic E-state index is 0.0958. The van der Waals surface area contributed by atoms with Crippen LogP contribution in [-0.4, -0.2) is 27.2 Å². The van der Waals surface area contributed by atoms with Crippen LogP contribution in [0.1, 0.15) is 25.0 Å². The Morgan fingerprint density at radius 2 is 1.78 bits per heavy atom. The molecule has 0 atom stereocenters. The largest absolute Gasteiger partial charge is 0.495 e. The molecule has 2 N–H and O–H groups in total. The van der Waals surface area contributed by atoms with Crippen molar-refractivity contribution in [2.45, 2.75) is 27.7 Å². The van der Waals surface area contributed by atoms with E-state index in [4.69, 9.17) is 10.5 Å². The number of aryl methyl sites for hydroxylation is 2. The topological polar surface area (TPSA) is 38.5 Å². The average molecular weight is 250 g/mol. The Balaban J connectivity index is 3.05. The zero-order valence-corrected chi connectivity index (χ0v) is 12.5. The molecular formula is C15H26N2O. The highest BCUT2D eigenvalue weighted by molar-refractivity contribution is 5.61. The molecule has 0 aromatic heterocycles. The molecule has 0 aliphatic heterocycles. The molecule has 0 heterocycles. The van der Waals surface area contributed by atoms with E-state index in [1.807, 2.05) is 0 Å². The van der Waals surface area contributed by atoms with Crippen molar-refractivity contribution in [3.05, 3.63) is 23.3 Å². The summed E-state index contributed by atoms with van der Waals surface area (Å²) >= 11 is 0. The molecule has 1 aromatic rings. The third-order valence-electron chi connectivity index (χ3n) is 3.42. The molecule has 3 nitrogen and oxygen atoms in total. The molecular weight excluding hydrogens is 224 g/mol. The van der Waals surface area contributed by atoms with E-state index < -0.39 is 0 Å². The van der Waals surface area contributed by atoms with E-state index in [1.54, 1.807) is 7.11 Å². The number of ether oxygens (including phenoxy) is 1. The van der Waals surface area contributed by atoms with Gasteiger partial charge in [-0.15, -0.1) is 0 Å². The SMILES string of the molecule is COc1cc(C)c(C)cc1N(C)CC(C)(C)CN. The normalized spacial score (nSPS) is 11.5. The summed E-state index contributed by atoms with van der Waals surface area (Å²) < 4.78 is 5.48. The van der Waals surface area contributed by atoms with Crippen LogP contribution in [0, 0.1) is 19.3 Å². The van der Waals surface area contributed by atoms with E-state index in [0.717, 1.165) is 18.0 Å². The molecule has 0 aliphatic rings. The number of nitrogens with two attached hydrogens (primary N) is 1. The van der Waals surface area contributed by atoms with E-state index in [1.165, 1.54) is 11.1 Å². The lowest BCUT2D eigenvalue weighted by molar-refractivity contribution is 0.379. The third kappa shape index (κ3) is 3.39. The van der Waals surface area contributed by atoms with Crippen LogP contribution in [0.25, 0.3) is 0 Å². The van der Waals surface area contributed by atoms with Crippen LogP contribution in [0.5, 0.6) is 5.75 Å². The number of nitrogens with zero attached hydrogens (tertiary/aromatic N) is 1. The van der Waals surface area contributed by atoms with Gasteiger partial charge in [-0.1, -0.05) is 13.8 Å². The summed E-state index contributed by atoms with van der Waals surface area (Å²) in [5.41, 5.74) is 9.55. The van der Waals surface area contributed by atoms with Gasteiger partial charge in [-0.05, 0) is 49.1 Å². The first-order chi connectivity index (χ1) is 8.30. The lowest BCUT2D eigenvalue weighted by Gasteiger charge is -2.31. The Kier molecular flexibility index (Phi) is 4.63. The van der Waals surface area contributed by atoms with Gasteiger partial charge in [0.1, 0.15) is 5.75 Å². The third-order valence-corrected chi connectivity index (χ3v) is 3.42. The summed E-state index contributed by atoms with van der Waals surface area (Å²) in [4.78, 5) is 2.22. The molecule has 0 radical (unpaired) electrons. The van der Waals surface area contributed by atoms with E-state index >= 15 is 0 Å². The number of benzene rings is 1. The monoisotopic (exact) mass is 250 g/mol. The van der Waals surface area contributed by atoms with E-state index in [2.05, 4.69) is 51.8 Å². The summed E-state index contributed by atoms with van der Waals surface area (Å²) in [6.07, 6.45) is 0. The number of anilines is 1. The van der Waals surface area contributed by atoms with Gasteiger partial charge in [0.05, 0.1) is 12.8 Å². The quantitative estimate of drug-likeness (QED) is 0.873. The summed E-state index contributed by atoms with van der Waals surface area (Å²) in [6, 6.07) is 4.28. The van der Waals surface area contributed by atoms with Crippen LogP contribution in [-0.2, 0) is 0 Å². The first-order valence-corrected chi connectivity index (χ1v) is 6.37. The highest BCUT2D eigenvalue weighted by Gasteiger charge is 2.20. The molecule has 0 saturated heterocycles. The van der Waals surface area contributed by atoms with Crippen molar-refractivity contribution < 1.29 is 4.74 Å². The summed E-state index contributed by atoms with van der Waals surface area (Å²) in [7, 11) is 3.81. The molecule has 0 fully saturated rings. The molecule has 0 amide bonds. The fraction of sp³-hybridized carbons (Fsp3) is 0.600. The molecule has 0 aliphatic carbocycles. The second-order valence-corrected chi connectivity index (χ2v) is 5.83. The van der Waals surface area contributed by atoms with Crippen LogP contribution >= 0.6 is 0 Å². The first kappa shape index (κ1) is 14.8. The molecule has 18 heavy (non-hydrogen) atoms. The first-order valence-electron chi connectivity index (χ1n) is 6.37. The molecule has 1 aromatic carbocycles. The maximum atomic E-state index is 5.80. The van der Waals surface area contributed by atoms with E-state index in [9.17, 15) is 0 Å². The Morgan fingerprint density at radius 3 is 2.28 bits per heavy atom. The van der Waals surface area contributed by atoms with Gasteiger partial charge in [-0.25, -0.2) is 0 Å². The van der Waals surface area contributed by atoms with E-state index in [-0.39, 0.29) is 5.41 Å². The summed E-state index contributed by atoms with van der Waals surface area (Å²) in [5.74, 6) is 0.924. The minimum Gasteiger partial charge on any atom is -0.495 e. The van der Waals surface area contributed by atoms with Crippen molar-refractivity contribution in [2.75, 3.05) is 32.1 Å². The lowest BCUT2D eigenvalue weighted by Crippen LogP contribution is -2.36. The van der Waals surface area contributed by atoms with Gasteiger partial charge in [0.15, 0.2) is 0 Å². The van der Waals surface area contributed by atoms with Gasteiger partial charge < -0.3 is 15.4 Å². The van der Waals surface area contributed by atoms with Crippen molar-refractivity contribution in [1.82, 2.24) is 0 Å². The van der Waals surface area contributed by atoms with Crippen LogP contribution in [0.15, 0.2) is 12.1 Å². The Labute approximate surface area is 111 Å². The molecule has 1 rings (SSSR count). The summed E-state index contributed by atoms with van der Waals surface area (Å²) in [6.45, 7) is 10.2. The van der Waals surface area contributed by atoms with E-state index in [0.29, 0.717) is 6.54 Å². The maximum Gasteiger partial charge on any atom is 0.142 e. The molecule has 0 bridgehead atoms. The predicted molar refractivity (Wildman–Crippen MR) is 78.6 cm³/mol. The Bertz CT molecular complexity index is 413. The van der Waals surface area contributed by atoms with Gasteiger partial charge in [0, 0.05) is 13.6 Å². The Morgan fingerprint density at radius 1 is 1.22 bits per heavy atom. The Hall–Kier alpha value is -1.22. The number of hydrogen-bond donors (Lipinski definition) is 1. The molecule has 0 saturated carbocycles. The number of hydrogen-bond acceptors (Lipinski definition) is 3. The van der Waals surface area contributed by atoms with Crippen molar-refractivity contribution in [3.63, 3.8) is 0 Å². The van der Waals surface area contributed by atoms with Crippen LogP contribution in [0.3, 0.4) is 0 Å². The smallest absolute Gasteiger partial charge is 0.142 e. The highest BCUT2D eigenvalue weighted by Crippen LogP contribution is 2.32. The second kappa shape index (κ2) is 5.61. The highest BCUT2D eigenvalue weighted by atomic mass is 16.5. The maximum absolute atomic E-state index is 5.80. The van der Waals surface area contributed by atoms with Gasteiger partial charge >= 0.3 is 0 Å². The zero-order valence-electron chi connectivity index (χ0n) is 12.5. The van der Waals surface area contributed by atoms with Crippen LogP contribution < -0.4 is 15.4 Å². The van der Waals surface area contributed by atoms with Crippen molar-refractivity contribution in [2.24, 2.45) is 11.1 Å². The van der Waals surface area contributed by atoms with Crippen molar-refractivity contribution in [3.8, 4) is 5.75 Å². The zero-order chi connectivity index (χ0) is 13.9. The fourth-order valence-corrected chi connectivity index (χ4v) is 2.03. The molecule has 3 heteroatoms. The molecule has 0 spiro atoms. The van der Waals surface area contributed by atoms with Crippen molar-refractivity contribution >= 4 is 5.69 Å². The average Bonchev–Trinajstić information content (AvgIpc) is 2.31. The van der Waals surface area contributed by atoms with Crippen LogP contribution in [0.4, 0.5) is 5.69 Å². The number of methoxy groups -OCH3 is 1. The standard InChI is InChI=1S/C15H26N2O/c1-11-7-13(14(18-6)8-12(11)2)17(5)10-15(3,4)9-16/h7-8H,9-10,16H2,1-6H3. The lowest BCUT2D eigenvalue weighted by atomic mass is 9.93. The van der Waals surface area contributed by atoms with Gasteiger partial charge in [-0.2, -0.15) is 0 Å². The van der Waals surface area contributed by atoms with Gasteiger partial charge in [-0.3, -0.25) is 0 Å². The molecule has 102 valence electrons. The summed E-state index contributed by atoms with van der Waals surface area (Å²) in [5, 5.41) is 0. The van der Waals surface area contributed by atoms with Crippen molar-refractivity contribution in [1.29, 1.82) is 0 Å². The minimum atomic E-state index is 0.0958. The number of rotatable bonds is 5. The fourth-order valence-electron chi connectivity index (χ4n) is 2.03. The second-order valence-electron chi connectivity index (χ2n) is 5.83. The van der Waals surface area contributed by atoms with Gasteiger partial charge in [0.2, 0.25) is 0 Å². The molecule has 0 unspecified atom stereocenters. The van der Waals surface area contributed by atoms with Gasteiger partial charge in [0.25, 0.3) is 0 Å². The van der Waals surface area contributed by atoms with Crippen LogP contribution in [0.2, 0.25) is 0 Å².